The van der Waals surface area contributed by atoms with Crippen LogP contribution < -0.4 is 5.32 Å². The van der Waals surface area contributed by atoms with E-state index in [0.717, 1.165) is 25.7 Å². The molecule has 0 saturated heterocycles. The zero-order chi connectivity index (χ0) is 14.5. The highest BCUT2D eigenvalue weighted by molar-refractivity contribution is 6.30. The fourth-order valence-corrected chi connectivity index (χ4v) is 2.90. The van der Waals surface area contributed by atoms with Gasteiger partial charge >= 0.3 is 5.97 Å². The Morgan fingerprint density at radius 2 is 1.95 bits per heavy atom. The van der Waals surface area contributed by atoms with Crippen molar-refractivity contribution in [2.45, 2.75) is 50.6 Å². The summed E-state index contributed by atoms with van der Waals surface area (Å²) in [4.78, 5) is 11.5. The molecule has 1 aliphatic carbocycles. The van der Waals surface area contributed by atoms with Gasteiger partial charge in [0.25, 0.3) is 0 Å². The summed E-state index contributed by atoms with van der Waals surface area (Å²) < 4.78 is 14.0. The maximum atomic E-state index is 14.0. The molecule has 5 heteroatoms. The monoisotopic (exact) mass is 299 g/mol. The summed E-state index contributed by atoms with van der Waals surface area (Å²) in [5, 5.41) is 12.4. The van der Waals surface area contributed by atoms with Crippen molar-refractivity contribution < 1.29 is 14.3 Å². The summed E-state index contributed by atoms with van der Waals surface area (Å²) in [6.07, 6.45) is 6.41. The number of carboxylic acids is 1. The van der Waals surface area contributed by atoms with Gasteiger partial charge in [-0.25, -0.2) is 4.39 Å². The van der Waals surface area contributed by atoms with Crippen LogP contribution in [0.3, 0.4) is 0 Å². The molecule has 2 rings (SSSR count). The molecule has 3 nitrogen and oxygen atoms in total. The fraction of sp³-hybridized carbons (Fsp3) is 0.533. The van der Waals surface area contributed by atoms with Crippen LogP contribution in [0.4, 0.5) is 4.39 Å². The summed E-state index contributed by atoms with van der Waals surface area (Å²) in [6, 6.07) is 3.55. The summed E-state index contributed by atoms with van der Waals surface area (Å²) >= 11 is 5.74. The Labute approximate surface area is 123 Å². The Balaban J connectivity index is 2.18. The predicted octanol–water partition coefficient (Wildman–Crippen LogP) is 3.92. The number of rotatable bonds is 4. The lowest BCUT2D eigenvalue weighted by Crippen LogP contribution is -2.37. The molecule has 0 aromatic heterocycles. The highest BCUT2D eigenvalue weighted by atomic mass is 35.5. The van der Waals surface area contributed by atoms with Crippen molar-refractivity contribution in [1.29, 1.82) is 0 Å². The van der Waals surface area contributed by atoms with E-state index in [4.69, 9.17) is 11.6 Å². The molecule has 0 amide bonds. The summed E-state index contributed by atoms with van der Waals surface area (Å²) in [5.74, 6) is -1.72. The molecule has 1 atom stereocenters. The standard InChI is InChI=1S/C15H19ClFNO2/c16-12-9-5-8-11(13(12)17)14(15(19)20)18-10-6-3-1-2-4-7-10/h5,8-10,14,18H,1-4,6-7H2,(H,19,20). The Morgan fingerprint density at radius 1 is 1.30 bits per heavy atom. The predicted molar refractivity (Wildman–Crippen MR) is 76.4 cm³/mol. The van der Waals surface area contributed by atoms with Gasteiger partial charge in [0.2, 0.25) is 0 Å². The van der Waals surface area contributed by atoms with Gasteiger partial charge in [-0.2, -0.15) is 0 Å². The lowest BCUT2D eigenvalue weighted by molar-refractivity contribution is -0.140. The fourth-order valence-electron chi connectivity index (χ4n) is 2.72. The summed E-state index contributed by atoms with van der Waals surface area (Å²) in [7, 11) is 0. The van der Waals surface area contributed by atoms with Gasteiger partial charge in [0.15, 0.2) is 0 Å². The first-order chi connectivity index (χ1) is 9.59. The van der Waals surface area contributed by atoms with Gasteiger partial charge in [-0.3, -0.25) is 10.1 Å². The zero-order valence-corrected chi connectivity index (χ0v) is 12.0. The maximum Gasteiger partial charge on any atom is 0.325 e. The molecule has 0 spiro atoms. The van der Waals surface area contributed by atoms with E-state index >= 15 is 0 Å². The van der Waals surface area contributed by atoms with Crippen LogP contribution in [0, 0.1) is 5.82 Å². The number of halogens is 2. The Hall–Kier alpha value is -1.13. The molecular formula is C15H19ClFNO2. The first kappa shape index (κ1) is 15.3. The maximum absolute atomic E-state index is 14.0. The third kappa shape index (κ3) is 3.70. The number of carbonyl (C=O) groups is 1. The van der Waals surface area contributed by atoms with E-state index in [1.165, 1.54) is 25.0 Å². The van der Waals surface area contributed by atoms with Gasteiger partial charge in [0.1, 0.15) is 11.9 Å². The van der Waals surface area contributed by atoms with Crippen LogP contribution in [0.5, 0.6) is 0 Å². The van der Waals surface area contributed by atoms with Crippen LogP contribution in [-0.4, -0.2) is 17.1 Å². The van der Waals surface area contributed by atoms with Crippen molar-refractivity contribution in [3.8, 4) is 0 Å². The second-order valence-electron chi connectivity index (χ2n) is 5.27. The van der Waals surface area contributed by atoms with Crippen LogP contribution in [0.15, 0.2) is 18.2 Å². The number of hydrogen-bond donors (Lipinski definition) is 2. The lowest BCUT2D eigenvalue weighted by atomic mass is 10.0. The van der Waals surface area contributed by atoms with Crippen LogP contribution >= 0.6 is 11.6 Å². The molecule has 110 valence electrons. The minimum Gasteiger partial charge on any atom is -0.480 e. The largest absolute Gasteiger partial charge is 0.480 e. The quantitative estimate of drug-likeness (QED) is 0.829. The number of aliphatic carboxylic acids is 1. The van der Waals surface area contributed by atoms with E-state index in [1.807, 2.05) is 0 Å². The molecule has 0 aliphatic heterocycles. The molecule has 1 fully saturated rings. The molecule has 0 bridgehead atoms. The first-order valence-corrected chi connectivity index (χ1v) is 7.40. The Morgan fingerprint density at radius 3 is 2.55 bits per heavy atom. The van der Waals surface area contributed by atoms with Gasteiger partial charge in [0, 0.05) is 11.6 Å². The molecule has 0 radical (unpaired) electrons. The Bertz CT molecular complexity index is 473. The number of benzene rings is 1. The summed E-state index contributed by atoms with van der Waals surface area (Å²) in [5.41, 5.74) is 0.106. The molecule has 1 aromatic carbocycles. The van der Waals surface area contributed by atoms with Crippen molar-refractivity contribution in [1.82, 2.24) is 5.32 Å². The minimum absolute atomic E-state index is 0.0450. The topological polar surface area (TPSA) is 49.3 Å². The molecule has 1 saturated carbocycles. The van der Waals surface area contributed by atoms with E-state index in [2.05, 4.69) is 5.32 Å². The average molecular weight is 300 g/mol. The van der Waals surface area contributed by atoms with Crippen LogP contribution in [0.2, 0.25) is 5.02 Å². The third-order valence-corrected chi connectivity index (χ3v) is 4.09. The van der Waals surface area contributed by atoms with Gasteiger partial charge in [0.05, 0.1) is 5.02 Å². The van der Waals surface area contributed by atoms with E-state index in [1.54, 1.807) is 6.07 Å². The Kier molecular flexibility index (Phi) is 5.38. The number of hydrogen-bond acceptors (Lipinski definition) is 2. The number of carboxylic acid groups (broad SMARTS) is 1. The smallest absolute Gasteiger partial charge is 0.325 e. The lowest BCUT2D eigenvalue weighted by Gasteiger charge is -2.23. The van der Waals surface area contributed by atoms with Crippen molar-refractivity contribution in [3.63, 3.8) is 0 Å². The van der Waals surface area contributed by atoms with Gasteiger partial charge in [-0.05, 0) is 18.9 Å². The highest BCUT2D eigenvalue weighted by Gasteiger charge is 2.27. The van der Waals surface area contributed by atoms with Gasteiger partial charge in [-0.15, -0.1) is 0 Å². The van der Waals surface area contributed by atoms with Crippen molar-refractivity contribution in [3.05, 3.63) is 34.6 Å². The van der Waals surface area contributed by atoms with Crippen molar-refractivity contribution in [2.75, 3.05) is 0 Å². The molecule has 2 N–H and O–H groups in total. The second-order valence-corrected chi connectivity index (χ2v) is 5.68. The second kappa shape index (κ2) is 7.04. The molecule has 20 heavy (non-hydrogen) atoms. The molecule has 1 aliphatic rings. The molecule has 1 aromatic rings. The highest BCUT2D eigenvalue weighted by Crippen LogP contribution is 2.26. The number of nitrogens with one attached hydrogen (secondary N) is 1. The third-order valence-electron chi connectivity index (χ3n) is 3.80. The van der Waals surface area contributed by atoms with Crippen molar-refractivity contribution >= 4 is 17.6 Å². The molecular weight excluding hydrogens is 281 g/mol. The van der Waals surface area contributed by atoms with Gasteiger partial charge in [-0.1, -0.05) is 49.4 Å². The van der Waals surface area contributed by atoms with Crippen LogP contribution in [0.25, 0.3) is 0 Å². The zero-order valence-electron chi connectivity index (χ0n) is 11.2. The minimum atomic E-state index is -1.07. The normalized spacial score (nSPS) is 18.5. The van der Waals surface area contributed by atoms with Crippen LogP contribution in [-0.2, 0) is 4.79 Å². The molecule has 1 unspecified atom stereocenters. The van der Waals surface area contributed by atoms with E-state index in [9.17, 15) is 14.3 Å². The van der Waals surface area contributed by atoms with Crippen LogP contribution in [0.1, 0.15) is 50.1 Å². The van der Waals surface area contributed by atoms with Gasteiger partial charge < -0.3 is 5.11 Å². The summed E-state index contributed by atoms with van der Waals surface area (Å²) in [6.45, 7) is 0. The van der Waals surface area contributed by atoms with E-state index < -0.39 is 17.8 Å². The SMILES string of the molecule is O=C(O)C(NC1CCCCCC1)c1cccc(Cl)c1F. The van der Waals surface area contributed by atoms with E-state index in [0.29, 0.717) is 0 Å². The first-order valence-electron chi connectivity index (χ1n) is 7.02. The molecule has 0 heterocycles. The average Bonchev–Trinajstić information content (AvgIpc) is 2.68. The van der Waals surface area contributed by atoms with Crippen molar-refractivity contribution in [2.24, 2.45) is 0 Å². The van der Waals surface area contributed by atoms with E-state index in [-0.39, 0.29) is 16.6 Å².